The Balaban J connectivity index is 2.40. The number of hydrogen-bond acceptors (Lipinski definition) is 2. The van der Waals surface area contributed by atoms with Gasteiger partial charge in [0.2, 0.25) is 0 Å². The fraction of sp³-hybridized carbons (Fsp3) is 0.333. The first-order valence-electron chi connectivity index (χ1n) is 5.21. The molecule has 0 saturated carbocycles. The number of aliphatic carboxylic acids is 1. The third-order valence-corrected chi connectivity index (χ3v) is 2.69. The zero-order chi connectivity index (χ0) is 11.7. The molecule has 0 radical (unpaired) electrons. The van der Waals surface area contributed by atoms with Gasteiger partial charge in [-0.3, -0.25) is 4.79 Å². The first kappa shape index (κ1) is 10.7. The van der Waals surface area contributed by atoms with Gasteiger partial charge in [0.1, 0.15) is 5.82 Å². The average Bonchev–Trinajstić information content (AvgIpc) is 2.53. The smallest absolute Gasteiger partial charge is 0.303 e. The number of aromatic nitrogens is 2. The van der Waals surface area contributed by atoms with Crippen LogP contribution in [0.2, 0.25) is 0 Å². The Bertz CT molecular complexity index is 543. The molecule has 1 aromatic carbocycles. The van der Waals surface area contributed by atoms with Crippen LogP contribution >= 0.6 is 0 Å². The van der Waals surface area contributed by atoms with Crippen LogP contribution in [0, 0.1) is 6.92 Å². The first-order valence-corrected chi connectivity index (χ1v) is 5.21. The largest absolute Gasteiger partial charge is 0.481 e. The van der Waals surface area contributed by atoms with Crippen LogP contribution in [0.5, 0.6) is 0 Å². The summed E-state index contributed by atoms with van der Waals surface area (Å²) in [4.78, 5) is 14.9. The molecule has 1 aromatic heterocycles. The Morgan fingerprint density at radius 3 is 2.94 bits per heavy atom. The highest BCUT2D eigenvalue weighted by molar-refractivity contribution is 5.77. The van der Waals surface area contributed by atoms with Gasteiger partial charge in [-0.1, -0.05) is 6.07 Å². The molecule has 0 saturated heterocycles. The van der Waals surface area contributed by atoms with Crippen molar-refractivity contribution in [3.8, 4) is 0 Å². The van der Waals surface area contributed by atoms with Crippen molar-refractivity contribution in [1.82, 2.24) is 9.55 Å². The number of carboxylic acid groups (broad SMARTS) is 1. The minimum atomic E-state index is -0.789. The Labute approximate surface area is 93.5 Å². The SMILES string of the molecule is Cc1ccc2nc(CCC(=O)O)n(C)c2c1. The normalized spacial score (nSPS) is 10.9. The van der Waals surface area contributed by atoms with E-state index < -0.39 is 5.97 Å². The van der Waals surface area contributed by atoms with E-state index in [2.05, 4.69) is 11.1 Å². The summed E-state index contributed by atoms with van der Waals surface area (Å²) in [6.45, 7) is 2.03. The monoisotopic (exact) mass is 218 g/mol. The predicted octanol–water partition coefficient (Wildman–Crippen LogP) is 1.90. The Morgan fingerprint density at radius 1 is 1.50 bits per heavy atom. The summed E-state index contributed by atoms with van der Waals surface area (Å²) in [7, 11) is 1.92. The molecule has 0 amide bonds. The van der Waals surface area contributed by atoms with Crippen LogP contribution in [0.4, 0.5) is 0 Å². The van der Waals surface area contributed by atoms with Crippen LogP contribution in [0.3, 0.4) is 0 Å². The van der Waals surface area contributed by atoms with Crippen LogP contribution in [0.1, 0.15) is 17.8 Å². The lowest BCUT2D eigenvalue weighted by Gasteiger charge is -2.00. The Kier molecular flexibility index (Phi) is 2.64. The quantitative estimate of drug-likeness (QED) is 0.856. The lowest BCUT2D eigenvalue weighted by molar-refractivity contribution is -0.137. The van der Waals surface area contributed by atoms with Gasteiger partial charge in [-0.25, -0.2) is 4.98 Å². The van der Waals surface area contributed by atoms with Crippen LogP contribution in [-0.2, 0) is 18.3 Å². The molecular weight excluding hydrogens is 204 g/mol. The third-order valence-electron chi connectivity index (χ3n) is 2.69. The highest BCUT2D eigenvalue weighted by atomic mass is 16.4. The fourth-order valence-corrected chi connectivity index (χ4v) is 1.79. The number of aryl methyl sites for hydroxylation is 3. The van der Waals surface area contributed by atoms with Gasteiger partial charge in [0.05, 0.1) is 17.5 Å². The second-order valence-electron chi connectivity index (χ2n) is 3.97. The van der Waals surface area contributed by atoms with Crippen LogP contribution in [-0.4, -0.2) is 20.6 Å². The molecule has 4 nitrogen and oxygen atoms in total. The summed E-state index contributed by atoms with van der Waals surface area (Å²) in [6, 6.07) is 6.04. The van der Waals surface area contributed by atoms with Gasteiger partial charge in [-0.05, 0) is 24.6 Å². The molecule has 0 aliphatic heterocycles. The zero-order valence-electron chi connectivity index (χ0n) is 9.40. The fourth-order valence-electron chi connectivity index (χ4n) is 1.79. The first-order chi connectivity index (χ1) is 7.58. The molecule has 2 aromatic rings. The molecule has 0 fully saturated rings. The van der Waals surface area contributed by atoms with Gasteiger partial charge >= 0.3 is 5.97 Å². The lowest BCUT2D eigenvalue weighted by Crippen LogP contribution is -2.03. The molecule has 0 bridgehead atoms. The number of carboxylic acids is 1. The summed E-state index contributed by atoms with van der Waals surface area (Å²) in [6.07, 6.45) is 0.593. The van der Waals surface area contributed by atoms with E-state index in [0.29, 0.717) is 6.42 Å². The maximum absolute atomic E-state index is 10.5. The Morgan fingerprint density at radius 2 is 2.25 bits per heavy atom. The van der Waals surface area contributed by atoms with Gasteiger partial charge < -0.3 is 9.67 Å². The molecule has 4 heteroatoms. The third kappa shape index (κ3) is 1.91. The number of carbonyl (C=O) groups is 1. The van der Waals surface area contributed by atoms with E-state index >= 15 is 0 Å². The van der Waals surface area contributed by atoms with Crippen molar-refractivity contribution in [3.63, 3.8) is 0 Å². The van der Waals surface area contributed by atoms with Gasteiger partial charge in [0, 0.05) is 13.5 Å². The second kappa shape index (κ2) is 3.96. The number of hydrogen-bond donors (Lipinski definition) is 1. The lowest BCUT2D eigenvalue weighted by atomic mass is 10.2. The number of rotatable bonds is 3. The summed E-state index contributed by atoms with van der Waals surface area (Å²) < 4.78 is 1.96. The maximum atomic E-state index is 10.5. The van der Waals surface area contributed by atoms with Gasteiger partial charge in [-0.2, -0.15) is 0 Å². The van der Waals surface area contributed by atoms with E-state index in [1.54, 1.807) is 0 Å². The molecule has 0 aliphatic rings. The van der Waals surface area contributed by atoms with Gasteiger partial charge in [0.25, 0.3) is 0 Å². The van der Waals surface area contributed by atoms with E-state index in [1.165, 1.54) is 5.56 Å². The van der Waals surface area contributed by atoms with E-state index in [4.69, 9.17) is 5.11 Å². The van der Waals surface area contributed by atoms with Crippen molar-refractivity contribution >= 4 is 17.0 Å². The summed E-state index contributed by atoms with van der Waals surface area (Å²) in [5, 5.41) is 8.65. The van der Waals surface area contributed by atoms with E-state index in [9.17, 15) is 4.79 Å². The van der Waals surface area contributed by atoms with Crippen molar-refractivity contribution in [2.24, 2.45) is 7.05 Å². The number of fused-ring (bicyclic) bond motifs is 1. The predicted molar refractivity (Wildman–Crippen MR) is 61.4 cm³/mol. The molecule has 1 heterocycles. The molecular formula is C12H14N2O2. The second-order valence-corrected chi connectivity index (χ2v) is 3.97. The van der Waals surface area contributed by atoms with E-state index in [1.807, 2.05) is 30.7 Å². The molecule has 2 rings (SSSR count). The number of imidazole rings is 1. The Hall–Kier alpha value is -1.84. The van der Waals surface area contributed by atoms with Crippen molar-refractivity contribution in [1.29, 1.82) is 0 Å². The average molecular weight is 218 g/mol. The van der Waals surface area contributed by atoms with Gasteiger partial charge in [-0.15, -0.1) is 0 Å². The molecule has 0 aliphatic carbocycles. The number of benzene rings is 1. The molecule has 16 heavy (non-hydrogen) atoms. The minimum Gasteiger partial charge on any atom is -0.481 e. The number of nitrogens with zero attached hydrogens (tertiary/aromatic N) is 2. The maximum Gasteiger partial charge on any atom is 0.303 e. The van der Waals surface area contributed by atoms with E-state index in [-0.39, 0.29) is 6.42 Å². The van der Waals surface area contributed by atoms with Crippen molar-refractivity contribution in [3.05, 3.63) is 29.6 Å². The summed E-state index contributed by atoms with van der Waals surface area (Å²) >= 11 is 0. The minimum absolute atomic E-state index is 0.121. The van der Waals surface area contributed by atoms with Crippen molar-refractivity contribution in [2.45, 2.75) is 19.8 Å². The molecule has 1 N–H and O–H groups in total. The van der Waals surface area contributed by atoms with Crippen LogP contribution in [0.15, 0.2) is 18.2 Å². The van der Waals surface area contributed by atoms with Gasteiger partial charge in [0.15, 0.2) is 0 Å². The van der Waals surface area contributed by atoms with Crippen LogP contribution in [0.25, 0.3) is 11.0 Å². The van der Waals surface area contributed by atoms with E-state index in [0.717, 1.165) is 16.9 Å². The highest BCUT2D eigenvalue weighted by Crippen LogP contribution is 2.17. The van der Waals surface area contributed by atoms with Crippen molar-refractivity contribution < 1.29 is 9.90 Å². The highest BCUT2D eigenvalue weighted by Gasteiger charge is 2.08. The molecule has 0 atom stereocenters. The summed E-state index contributed by atoms with van der Waals surface area (Å²) in [5.41, 5.74) is 3.16. The standard InChI is InChI=1S/C12H14N2O2/c1-8-3-4-9-10(7-8)14(2)11(13-9)5-6-12(15)16/h3-4,7H,5-6H2,1-2H3,(H,15,16). The van der Waals surface area contributed by atoms with Crippen LogP contribution < -0.4 is 0 Å². The topological polar surface area (TPSA) is 55.1 Å². The molecule has 0 unspecified atom stereocenters. The molecule has 84 valence electrons. The summed E-state index contributed by atoms with van der Waals surface area (Å²) in [5.74, 6) is 0.0336. The van der Waals surface area contributed by atoms with Crippen molar-refractivity contribution in [2.75, 3.05) is 0 Å². The zero-order valence-corrected chi connectivity index (χ0v) is 9.40. The molecule has 0 spiro atoms.